The van der Waals surface area contributed by atoms with Crippen LogP contribution in [0.4, 0.5) is 0 Å². The maximum Gasteiger partial charge on any atom is 0.253 e. The van der Waals surface area contributed by atoms with Crippen molar-refractivity contribution in [2.24, 2.45) is 4.99 Å². The third kappa shape index (κ3) is 6.34. The van der Waals surface area contributed by atoms with Gasteiger partial charge in [0.25, 0.3) is 5.91 Å². The van der Waals surface area contributed by atoms with Crippen molar-refractivity contribution in [2.45, 2.75) is 46.6 Å². The van der Waals surface area contributed by atoms with Crippen LogP contribution in [0.5, 0.6) is 0 Å². The molecule has 0 radical (unpaired) electrons. The van der Waals surface area contributed by atoms with Crippen LogP contribution in [0.1, 0.15) is 53.7 Å². The van der Waals surface area contributed by atoms with E-state index in [1.165, 1.54) is 0 Å². The zero-order valence-corrected chi connectivity index (χ0v) is 18.2. The standard InChI is InChI=1S/C22H33N5O2/c1-6-19-18(20(7-2)29-26-19)15-25-22(23-8-3)24-13-12-16-10-9-11-17(14-16)21(28)27(4)5/h9-11,14H,6-8,12-13,15H2,1-5H3,(H2,23,24,25). The molecule has 2 N–H and O–H groups in total. The van der Waals surface area contributed by atoms with Gasteiger partial charge in [-0.2, -0.15) is 0 Å². The monoisotopic (exact) mass is 399 g/mol. The minimum Gasteiger partial charge on any atom is -0.361 e. The van der Waals surface area contributed by atoms with Crippen molar-refractivity contribution in [3.05, 3.63) is 52.4 Å². The van der Waals surface area contributed by atoms with Crippen molar-refractivity contribution in [3.63, 3.8) is 0 Å². The van der Waals surface area contributed by atoms with Crippen LogP contribution in [0.3, 0.4) is 0 Å². The maximum absolute atomic E-state index is 12.1. The average molecular weight is 400 g/mol. The molecule has 0 aliphatic rings. The highest BCUT2D eigenvalue weighted by Gasteiger charge is 2.13. The van der Waals surface area contributed by atoms with E-state index in [1.54, 1.807) is 19.0 Å². The van der Waals surface area contributed by atoms with Crippen LogP contribution in [0, 0.1) is 0 Å². The smallest absolute Gasteiger partial charge is 0.253 e. The molecule has 2 aromatic rings. The van der Waals surface area contributed by atoms with Gasteiger partial charge in [-0.1, -0.05) is 31.1 Å². The molecule has 158 valence electrons. The predicted molar refractivity (Wildman–Crippen MR) is 116 cm³/mol. The van der Waals surface area contributed by atoms with E-state index in [0.717, 1.165) is 60.9 Å². The van der Waals surface area contributed by atoms with Gasteiger partial charge in [-0.15, -0.1) is 0 Å². The molecule has 0 saturated heterocycles. The number of nitrogens with one attached hydrogen (secondary N) is 2. The zero-order chi connectivity index (χ0) is 21.2. The second-order valence-electron chi connectivity index (χ2n) is 7.01. The molecule has 7 nitrogen and oxygen atoms in total. The number of hydrogen-bond acceptors (Lipinski definition) is 4. The molecule has 2 rings (SSSR count). The zero-order valence-electron chi connectivity index (χ0n) is 18.2. The Hall–Kier alpha value is -2.83. The summed E-state index contributed by atoms with van der Waals surface area (Å²) >= 11 is 0. The first-order valence-electron chi connectivity index (χ1n) is 10.3. The average Bonchev–Trinajstić information content (AvgIpc) is 3.13. The molecule has 0 unspecified atom stereocenters. The lowest BCUT2D eigenvalue weighted by molar-refractivity contribution is 0.0827. The van der Waals surface area contributed by atoms with Gasteiger partial charge in [-0.25, -0.2) is 4.99 Å². The summed E-state index contributed by atoms with van der Waals surface area (Å²) in [6.07, 6.45) is 2.44. The Labute approximate surface area is 173 Å². The molecule has 1 amide bonds. The molecule has 1 heterocycles. The summed E-state index contributed by atoms with van der Waals surface area (Å²) in [5.41, 5.74) is 3.88. The molecule has 29 heavy (non-hydrogen) atoms. The Balaban J connectivity index is 1.99. The van der Waals surface area contributed by atoms with Crippen LogP contribution in [-0.2, 0) is 25.8 Å². The van der Waals surface area contributed by atoms with Crippen molar-refractivity contribution < 1.29 is 9.32 Å². The quantitative estimate of drug-likeness (QED) is 0.500. The first kappa shape index (κ1) is 22.5. The minimum absolute atomic E-state index is 0.0156. The molecule has 0 atom stereocenters. The normalized spacial score (nSPS) is 11.4. The van der Waals surface area contributed by atoms with E-state index in [0.29, 0.717) is 12.1 Å². The van der Waals surface area contributed by atoms with Crippen LogP contribution in [0.15, 0.2) is 33.8 Å². The Kier molecular flexibility index (Phi) is 8.70. The minimum atomic E-state index is 0.0156. The van der Waals surface area contributed by atoms with Crippen LogP contribution in [0.25, 0.3) is 0 Å². The van der Waals surface area contributed by atoms with E-state index in [4.69, 9.17) is 9.52 Å². The molecule has 0 aliphatic heterocycles. The van der Waals surface area contributed by atoms with E-state index in [1.807, 2.05) is 31.2 Å². The van der Waals surface area contributed by atoms with Gasteiger partial charge in [-0.3, -0.25) is 4.79 Å². The van der Waals surface area contributed by atoms with Gasteiger partial charge in [0.05, 0.1) is 12.2 Å². The number of nitrogens with zero attached hydrogens (tertiary/aromatic N) is 3. The predicted octanol–water partition coefficient (Wildman–Crippen LogP) is 2.80. The van der Waals surface area contributed by atoms with Crippen molar-refractivity contribution in [3.8, 4) is 0 Å². The summed E-state index contributed by atoms with van der Waals surface area (Å²) in [5.74, 6) is 1.68. The highest BCUT2D eigenvalue weighted by atomic mass is 16.5. The fourth-order valence-electron chi connectivity index (χ4n) is 3.06. The second-order valence-corrected chi connectivity index (χ2v) is 7.01. The van der Waals surface area contributed by atoms with Gasteiger partial charge < -0.3 is 20.1 Å². The molecule has 0 fully saturated rings. The van der Waals surface area contributed by atoms with Crippen molar-refractivity contribution in [1.82, 2.24) is 20.7 Å². The van der Waals surface area contributed by atoms with Gasteiger partial charge in [0.15, 0.2) is 5.96 Å². The second kappa shape index (κ2) is 11.2. The van der Waals surface area contributed by atoms with Crippen LogP contribution in [-0.4, -0.2) is 49.1 Å². The molecular formula is C22H33N5O2. The van der Waals surface area contributed by atoms with E-state index in [2.05, 4.69) is 29.6 Å². The molecule has 0 bridgehead atoms. The van der Waals surface area contributed by atoms with Gasteiger partial charge in [0, 0.05) is 44.7 Å². The van der Waals surface area contributed by atoms with E-state index < -0.39 is 0 Å². The first-order chi connectivity index (χ1) is 14.0. The highest BCUT2D eigenvalue weighted by Crippen LogP contribution is 2.16. The van der Waals surface area contributed by atoms with Gasteiger partial charge in [0.2, 0.25) is 0 Å². The van der Waals surface area contributed by atoms with Gasteiger partial charge in [-0.05, 0) is 37.5 Å². The van der Waals surface area contributed by atoms with Crippen LogP contribution >= 0.6 is 0 Å². The SMILES string of the molecule is CCNC(=NCc1c(CC)noc1CC)NCCc1cccc(C(=O)N(C)C)c1. The highest BCUT2D eigenvalue weighted by molar-refractivity contribution is 5.94. The molecule has 7 heteroatoms. The molecule has 1 aromatic carbocycles. The number of aromatic nitrogens is 1. The van der Waals surface area contributed by atoms with E-state index in [9.17, 15) is 4.79 Å². The molecule has 0 saturated carbocycles. The summed E-state index contributed by atoms with van der Waals surface area (Å²) in [6, 6.07) is 7.76. The van der Waals surface area contributed by atoms with Crippen LogP contribution < -0.4 is 10.6 Å². The topological polar surface area (TPSA) is 82.8 Å². The summed E-state index contributed by atoms with van der Waals surface area (Å²) < 4.78 is 5.42. The lowest BCUT2D eigenvalue weighted by Crippen LogP contribution is -2.38. The number of amides is 1. The Morgan fingerprint density at radius 2 is 1.97 bits per heavy atom. The lowest BCUT2D eigenvalue weighted by Gasteiger charge is -2.13. The summed E-state index contributed by atoms with van der Waals surface area (Å²) in [5, 5.41) is 10.8. The summed E-state index contributed by atoms with van der Waals surface area (Å²) in [6.45, 7) is 8.22. The first-order valence-corrected chi connectivity index (χ1v) is 10.3. The number of hydrogen-bond donors (Lipinski definition) is 2. The van der Waals surface area contributed by atoms with Crippen molar-refractivity contribution >= 4 is 11.9 Å². The number of rotatable bonds is 9. The largest absolute Gasteiger partial charge is 0.361 e. The van der Waals surface area contributed by atoms with Crippen molar-refractivity contribution in [2.75, 3.05) is 27.2 Å². The van der Waals surface area contributed by atoms with E-state index in [-0.39, 0.29) is 5.91 Å². The fourth-order valence-corrected chi connectivity index (χ4v) is 3.06. The lowest BCUT2D eigenvalue weighted by atomic mass is 10.1. The third-order valence-electron chi connectivity index (χ3n) is 4.63. The molecule has 0 spiro atoms. The number of carbonyl (C=O) groups is 1. The number of aliphatic imine (C=N–C) groups is 1. The Morgan fingerprint density at radius 3 is 2.62 bits per heavy atom. The third-order valence-corrected chi connectivity index (χ3v) is 4.63. The Bertz CT molecular complexity index is 805. The molecular weight excluding hydrogens is 366 g/mol. The number of carbonyl (C=O) groups excluding carboxylic acids is 1. The van der Waals surface area contributed by atoms with Crippen LogP contribution in [0.2, 0.25) is 0 Å². The van der Waals surface area contributed by atoms with Gasteiger partial charge >= 0.3 is 0 Å². The van der Waals surface area contributed by atoms with Crippen molar-refractivity contribution in [1.29, 1.82) is 0 Å². The number of aryl methyl sites for hydroxylation is 2. The molecule has 0 aliphatic carbocycles. The molecule has 1 aromatic heterocycles. The number of benzene rings is 1. The fraction of sp³-hybridized carbons (Fsp3) is 0.500. The number of guanidine groups is 1. The summed E-state index contributed by atoms with van der Waals surface area (Å²) in [7, 11) is 3.53. The van der Waals surface area contributed by atoms with E-state index >= 15 is 0 Å². The van der Waals surface area contributed by atoms with Gasteiger partial charge in [0.1, 0.15) is 5.76 Å². The maximum atomic E-state index is 12.1. The summed E-state index contributed by atoms with van der Waals surface area (Å²) in [4.78, 5) is 18.4. The Morgan fingerprint density at radius 1 is 1.17 bits per heavy atom.